The van der Waals surface area contributed by atoms with Gasteiger partial charge in [-0.25, -0.2) is 9.97 Å². The third-order valence-corrected chi connectivity index (χ3v) is 7.34. The Balaban J connectivity index is 1.45. The number of nitrogens with zero attached hydrogens (tertiary/aromatic N) is 4. The van der Waals surface area contributed by atoms with Crippen LogP contribution < -0.4 is 0 Å². The first-order valence-electron chi connectivity index (χ1n) is 11.0. The van der Waals surface area contributed by atoms with Crippen molar-refractivity contribution < 1.29 is 9.59 Å². The summed E-state index contributed by atoms with van der Waals surface area (Å²) in [5.41, 5.74) is 3.33. The molecule has 176 valence electrons. The van der Waals surface area contributed by atoms with Gasteiger partial charge in [0, 0.05) is 52.3 Å². The van der Waals surface area contributed by atoms with Crippen molar-refractivity contribution in [2.24, 2.45) is 0 Å². The van der Waals surface area contributed by atoms with Crippen molar-refractivity contribution in [2.75, 3.05) is 26.2 Å². The molecule has 1 aliphatic rings. The monoisotopic (exact) mass is 612 g/mol. The average Bonchev–Trinajstić information content (AvgIpc) is 2.88. The Morgan fingerprint density at radius 2 is 1.49 bits per heavy atom. The number of hydrogen-bond acceptors (Lipinski definition) is 4. The van der Waals surface area contributed by atoms with Crippen molar-refractivity contribution in [1.29, 1.82) is 0 Å². The van der Waals surface area contributed by atoms with Gasteiger partial charge in [0.25, 0.3) is 11.8 Å². The van der Waals surface area contributed by atoms with Gasteiger partial charge in [-0.15, -0.1) is 0 Å². The molecule has 2 aromatic heterocycles. The van der Waals surface area contributed by atoms with Crippen LogP contribution in [0.3, 0.4) is 0 Å². The summed E-state index contributed by atoms with van der Waals surface area (Å²) in [4.78, 5) is 39.0. The first-order valence-corrected chi connectivity index (χ1v) is 12.9. The zero-order valence-corrected chi connectivity index (χ0v) is 22.3. The number of aromatic nitrogens is 2. The molecule has 6 nitrogen and oxygen atoms in total. The Morgan fingerprint density at radius 3 is 2.14 bits per heavy atom. The topological polar surface area (TPSA) is 66.4 Å². The highest BCUT2D eigenvalue weighted by atomic mass is 79.9. The fourth-order valence-electron chi connectivity index (χ4n) is 4.18. The largest absolute Gasteiger partial charge is 0.335 e. The van der Waals surface area contributed by atoms with E-state index in [4.69, 9.17) is 16.6 Å². The minimum Gasteiger partial charge on any atom is -0.335 e. The van der Waals surface area contributed by atoms with Gasteiger partial charge < -0.3 is 9.80 Å². The number of hydrogen-bond donors (Lipinski definition) is 0. The molecule has 9 heteroatoms. The molecule has 35 heavy (non-hydrogen) atoms. The number of fused-ring (bicyclic) bond motifs is 1. The number of carbonyl (C=O) groups excluding carboxylic acids is 2. The van der Waals surface area contributed by atoms with Crippen molar-refractivity contribution in [3.63, 3.8) is 0 Å². The smallest absolute Gasteiger partial charge is 0.257 e. The molecule has 0 saturated carbocycles. The molecule has 0 atom stereocenters. The lowest BCUT2D eigenvalue weighted by Gasteiger charge is -2.35. The molecule has 0 spiro atoms. The van der Waals surface area contributed by atoms with E-state index in [9.17, 15) is 9.59 Å². The van der Waals surface area contributed by atoms with Crippen LogP contribution in [-0.2, 0) is 0 Å². The summed E-state index contributed by atoms with van der Waals surface area (Å²) in [5.74, 6) is -0.269. The lowest BCUT2D eigenvalue weighted by Crippen LogP contribution is -2.50. The van der Waals surface area contributed by atoms with E-state index in [0.717, 1.165) is 31.1 Å². The standard InChI is InChI=1S/C26H19Br2ClN4O2/c27-17-13-19-20(15-22(16-5-2-1-3-6-16)31-23(19)21(28)14-17)26(35)33-11-9-32(10-12-33)25(34)18-7-4-8-30-24(18)29/h1-8,13-15H,9-12H2. The molecule has 0 aliphatic carbocycles. The Labute approximate surface area is 224 Å². The molecule has 1 aliphatic heterocycles. The summed E-state index contributed by atoms with van der Waals surface area (Å²) in [6.45, 7) is 1.67. The molecule has 2 aromatic carbocycles. The van der Waals surface area contributed by atoms with Crippen molar-refractivity contribution in [1.82, 2.24) is 19.8 Å². The van der Waals surface area contributed by atoms with E-state index in [0.29, 0.717) is 37.3 Å². The Bertz CT molecular complexity index is 1440. The van der Waals surface area contributed by atoms with Gasteiger partial charge in [-0.2, -0.15) is 0 Å². The molecular formula is C26H19Br2ClN4O2. The van der Waals surface area contributed by atoms with Crippen LogP contribution >= 0.6 is 43.5 Å². The van der Waals surface area contributed by atoms with Crippen LogP contribution in [0.2, 0.25) is 5.15 Å². The summed E-state index contributed by atoms with van der Waals surface area (Å²) < 4.78 is 1.65. The van der Waals surface area contributed by atoms with Gasteiger partial charge in [0.15, 0.2) is 0 Å². The van der Waals surface area contributed by atoms with Crippen LogP contribution in [0, 0.1) is 0 Å². The van der Waals surface area contributed by atoms with E-state index in [1.807, 2.05) is 48.5 Å². The van der Waals surface area contributed by atoms with E-state index >= 15 is 0 Å². The lowest BCUT2D eigenvalue weighted by atomic mass is 10.0. The average molecular weight is 615 g/mol. The van der Waals surface area contributed by atoms with E-state index in [1.165, 1.54) is 0 Å². The first kappa shape index (κ1) is 23.9. The summed E-state index contributed by atoms with van der Waals surface area (Å²) in [6, 6.07) is 18.8. The second-order valence-corrected chi connectivity index (χ2v) is 10.3. The number of benzene rings is 2. The first-order chi connectivity index (χ1) is 16.9. The number of piperazine rings is 1. The van der Waals surface area contributed by atoms with Crippen molar-refractivity contribution in [3.8, 4) is 11.3 Å². The minimum atomic E-state index is -0.177. The van der Waals surface area contributed by atoms with Gasteiger partial charge in [0.1, 0.15) is 5.15 Å². The zero-order chi connectivity index (χ0) is 24.5. The van der Waals surface area contributed by atoms with Gasteiger partial charge in [-0.3, -0.25) is 9.59 Å². The lowest BCUT2D eigenvalue weighted by molar-refractivity contribution is 0.0536. The van der Waals surface area contributed by atoms with Gasteiger partial charge in [0.05, 0.1) is 22.3 Å². The minimum absolute atomic E-state index is 0.0916. The maximum absolute atomic E-state index is 13.8. The van der Waals surface area contributed by atoms with E-state index in [2.05, 4.69) is 36.8 Å². The van der Waals surface area contributed by atoms with Crippen LogP contribution in [0.1, 0.15) is 20.7 Å². The Morgan fingerprint density at radius 1 is 0.829 bits per heavy atom. The van der Waals surface area contributed by atoms with Crippen LogP contribution in [0.4, 0.5) is 0 Å². The van der Waals surface area contributed by atoms with E-state index in [1.54, 1.807) is 28.1 Å². The maximum atomic E-state index is 13.8. The number of carbonyl (C=O) groups is 2. The Kier molecular flexibility index (Phi) is 6.86. The Hall–Kier alpha value is -2.81. The van der Waals surface area contributed by atoms with Gasteiger partial charge in [-0.1, -0.05) is 57.9 Å². The van der Waals surface area contributed by atoms with Gasteiger partial charge >= 0.3 is 0 Å². The molecule has 2 amide bonds. The number of pyridine rings is 2. The maximum Gasteiger partial charge on any atom is 0.257 e. The molecule has 0 unspecified atom stereocenters. The normalized spacial score (nSPS) is 13.8. The summed E-state index contributed by atoms with van der Waals surface area (Å²) in [7, 11) is 0. The highest BCUT2D eigenvalue weighted by Gasteiger charge is 2.28. The van der Waals surface area contributed by atoms with Gasteiger partial charge in [-0.05, 0) is 46.3 Å². The quantitative estimate of drug-likeness (QED) is 0.263. The predicted molar refractivity (Wildman–Crippen MR) is 144 cm³/mol. The highest BCUT2D eigenvalue weighted by Crippen LogP contribution is 2.33. The second kappa shape index (κ2) is 10.0. The number of amides is 2. The van der Waals surface area contributed by atoms with Crippen molar-refractivity contribution in [3.05, 3.63) is 92.1 Å². The van der Waals surface area contributed by atoms with Crippen LogP contribution in [0.5, 0.6) is 0 Å². The third-order valence-electron chi connectivity index (χ3n) is 5.98. The number of halogens is 3. The van der Waals surface area contributed by atoms with Gasteiger partial charge in [0.2, 0.25) is 0 Å². The zero-order valence-electron chi connectivity index (χ0n) is 18.4. The molecular weight excluding hydrogens is 596 g/mol. The van der Waals surface area contributed by atoms with Crippen LogP contribution in [-0.4, -0.2) is 57.8 Å². The second-order valence-electron chi connectivity index (χ2n) is 8.13. The van der Waals surface area contributed by atoms with Crippen molar-refractivity contribution in [2.45, 2.75) is 0 Å². The fraction of sp³-hybridized carbons (Fsp3) is 0.154. The van der Waals surface area contributed by atoms with E-state index in [-0.39, 0.29) is 17.0 Å². The predicted octanol–water partition coefficient (Wildman–Crippen LogP) is 6.07. The molecule has 3 heterocycles. The third kappa shape index (κ3) is 4.83. The molecule has 5 rings (SSSR count). The summed E-state index contributed by atoms with van der Waals surface area (Å²) in [5, 5.41) is 0.945. The SMILES string of the molecule is O=C(c1cccnc1Cl)N1CCN(C(=O)c2cc(-c3ccccc3)nc3c(Br)cc(Br)cc23)CC1. The van der Waals surface area contributed by atoms with Crippen molar-refractivity contribution >= 4 is 66.2 Å². The molecule has 1 fully saturated rings. The molecule has 0 bridgehead atoms. The molecule has 0 radical (unpaired) electrons. The number of rotatable bonds is 3. The van der Waals surface area contributed by atoms with Crippen LogP contribution in [0.15, 0.2) is 75.8 Å². The molecule has 1 saturated heterocycles. The van der Waals surface area contributed by atoms with Crippen LogP contribution in [0.25, 0.3) is 22.2 Å². The molecule has 4 aromatic rings. The fourth-order valence-corrected chi connectivity index (χ4v) is 5.70. The molecule has 0 N–H and O–H groups in total. The highest BCUT2D eigenvalue weighted by molar-refractivity contribution is 9.11. The van der Waals surface area contributed by atoms with E-state index < -0.39 is 0 Å². The summed E-state index contributed by atoms with van der Waals surface area (Å²) in [6.07, 6.45) is 1.55. The summed E-state index contributed by atoms with van der Waals surface area (Å²) >= 11 is 13.3.